The lowest BCUT2D eigenvalue weighted by atomic mass is 9.93. The van der Waals surface area contributed by atoms with Gasteiger partial charge < -0.3 is 24.1 Å². The average molecular weight is 659 g/mol. The normalized spacial score (nSPS) is 20.4. The predicted octanol–water partition coefficient (Wildman–Crippen LogP) is 7.67. The molecule has 9 heteroatoms. The van der Waals surface area contributed by atoms with Crippen LogP contribution in [0.25, 0.3) is 15.6 Å². The first-order valence-electron chi connectivity index (χ1n) is 17.6. The van der Waals surface area contributed by atoms with E-state index < -0.39 is 0 Å². The van der Waals surface area contributed by atoms with E-state index in [4.69, 9.17) is 37.6 Å². The van der Waals surface area contributed by atoms with Crippen LogP contribution in [0.5, 0.6) is 6.01 Å². The third kappa shape index (κ3) is 8.49. The highest BCUT2D eigenvalue weighted by Gasteiger charge is 2.31. The Hall–Kier alpha value is -3.12. The molecule has 2 atom stereocenters. The predicted molar refractivity (Wildman–Crippen MR) is 192 cm³/mol. The molecule has 4 heterocycles. The van der Waals surface area contributed by atoms with Crippen LogP contribution in [0, 0.1) is 17.9 Å². The second-order valence-corrected chi connectivity index (χ2v) is 15.2. The van der Waals surface area contributed by atoms with Crippen molar-refractivity contribution in [2.24, 2.45) is 11.3 Å². The maximum Gasteiger partial charge on any atom is 0.318 e. The van der Waals surface area contributed by atoms with Gasteiger partial charge in [-0.05, 0) is 74.4 Å². The largest absolute Gasteiger partial charge is 0.462 e. The Kier molecular flexibility index (Phi) is 11.1. The summed E-state index contributed by atoms with van der Waals surface area (Å²) in [5, 5.41) is 3.00. The molecule has 0 aliphatic carbocycles. The van der Waals surface area contributed by atoms with Crippen molar-refractivity contribution in [1.82, 2.24) is 14.9 Å². The fourth-order valence-electron chi connectivity index (χ4n) is 7.39. The molecule has 0 N–H and O–H groups in total. The van der Waals surface area contributed by atoms with E-state index in [1.807, 2.05) is 12.1 Å². The van der Waals surface area contributed by atoms with E-state index in [9.17, 15) is 0 Å². The Balaban J connectivity index is 1.18. The summed E-state index contributed by atoms with van der Waals surface area (Å²) < 4.78 is 12.4. The molecule has 0 saturated carbocycles. The molecule has 47 heavy (non-hydrogen) atoms. The van der Waals surface area contributed by atoms with Crippen molar-refractivity contribution >= 4 is 33.9 Å². The molecule has 6 rings (SSSR count). The molecule has 1 aromatic heterocycles. The van der Waals surface area contributed by atoms with Crippen LogP contribution in [0.4, 0.5) is 11.5 Å². The van der Waals surface area contributed by atoms with E-state index in [1.165, 1.54) is 12.0 Å². The smallest absolute Gasteiger partial charge is 0.318 e. The lowest BCUT2D eigenvalue weighted by molar-refractivity contribution is 0.0925. The van der Waals surface area contributed by atoms with Gasteiger partial charge in [-0.1, -0.05) is 56.6 Å². The van der Waals surface area contributed by atoms with Gasteiger partial charge >= 0.3 is 6.01 Å². The molecule has 2 saturated heterocycles. The van der Waals surface area contributed by atoms with E-state index in [0.717, 1.165) is 117 Å². The molecule has 0 amide bonds. The maximum atomic E-state index is 7.45. The third-order valence-corrected chi connectivity index (χ3v) is 10.3. The summed E-state index contributed by atoms with van der Waals surface area (Å²) in [4.78, 5) is 21.3. The van der Waals surface area contributed by atoms with Crippen molar-refractivity contribution in [2.45, 2.75) is 78.3 Å². The first-order chi connectivity index (χ1) is 22.8. The topological polar surface area (TPSA) is 58.3 Å². The molecule has 2 fully saturated rings. The average Bonchev–Trinajstić information content (AvgIpc) is 3.51. The van der Waals surface area contributed by atoms with Crippen molar-refractivity contribution in [3.05, 3.63) is 64.1 Å². The van der Waals surface area contributed by atoms with E-state index in [1.54, 1.807) is 0 Å². The maximum absolute atomic E-state index is 7.45. The number of ether oxygens (including phenoxy) is 2. The summed E-state index contributed by atoms with van der Waals surface area (Å²) in [6.07, 6.45) is 7.47. The van der Waals surface area contributed by atoms with Gasteiger partial charge in [0.05, 0.1) is 17.3 Å². The number of rotatable bonds is 12. The van der Waals surface area contributed by atoms with Crippen LogP contribution < -0.4 is 14.5 Å². The fraction of sp³-hybridized carbons (Fsp3) is 0.605. The standard InChI is InChI=1S/C38H51ClN6O2/c1-38(2,3)17-23-46-22-9-20-43-18-8-13-30(43)27-47-37-41-33-26-44(34-15-6-12-29-11-5-14-32(39)35(29)34)21-16-31(33)36(42-37)45-19-7-10-28(25-45)24-40-4/h5-6,11-12,14-15,28,30H,7-10,13,16-27H2,1-3H3/t28-,30?/m0/s1. The van der Waals surface area contributed by atoms with Crippen molar-refractivity contribution in [2.75, 3.05) is 68.9 Å². The zero-order valence-electron chi connectivity index (χ0n) is 28.5. The van der Waals surface area contributed by atoms with Crippen LogP contribution in [0.2, 0.25) is 5.02 Å². The Morgan fingerprint density at radius 2 is 1.83 bits per heavy atom. The highest BCUT2D eigenvalue weighted by molar-refractivity contribution is 6.36. The summed E-state index contributed by atoms with van der Waals surface area (Å²) in [7, 11) is 0. The zero-order chi connectivity index (χ0) is 32.8. The molecule has 0 bridgehead atoms. The molecule has 3 aliphatic heterocycles. The molecule has 3 aromatic rings. The highest BCUT2D eigenvalue weighted by atomic mass is 35.5. The number of likely N-dealkylation sites (tertiary alicyclic amines) is 1. The molecule has 8 nitrogen and oxygen atoms in total. The van der Waals surface area contributed by atoms with Crippen molar-refractivity contribution in [3.8, 4) is 6.01 Å². The molecule has 0 spiro atoms. The van der Waals surface area contributed by atoms with Gasteiger partial charge in [-0.2, -0.15) is 9.97 Å². The van der Waals surface area contributed by atoms with Gasteiger partial charge in [0.2, 0.25) is 6.54 Å². The summed E-state index contributed by atoms with van der Waals surface area (Å²) in [5.41, 5.74) is 3.70. The van der Waals surface area contributed by atoms with E-state index >= 15 is 0 Å². The number of fused-ring (bicyclic) bond motifs is 2. The molecule has 1 unspecified atom stereocenters. The number of hydrogen-bond donors (Lipinski definition) is 0. The van der Waals surface area contributed by atoms with Gasteiger partial charge in [0, 0.05) is 68.0 Å². The molecular weight excluding hydrogens is 608 g/mol. The highest BCUT2D eigenvalue weighted by Crippen LogP contribution is 2.37. The lowest BCUT2D eigenvalue weighted by Crippen LogP contribution is -2.40. The van der Waals surface area contributed by atoms with Crippen molar-refractivity contribution in [1.29, 1.82) is 0 Å². The van der Waals surface area contributed by atoms with Gasteiger partial charge in [-0.15, -0.1) is 0 Å². The number of halogens is 1. The Morgan fingerprint density at radius 3 is 2.66 bits per heavy atom. The molecular formula is C38H51ClN6O2. The Labute approximate surface area is 286 Å². The Bertz CT molecular complexity index is 1550. The SMILES string of the molecule is [C-]#[N+]C[C@@H]1CCCN(c2nc(OCC3CCCN3CCCOCCC(C)(C)C)nc3c2CCN(c2cccc4cccc(Cl)c24)C3)C1. The minimum absolute atomic E-state index is 0.311. The minimum Gasteiger partial charge on any atom is -0.462 e. The minimum atomic E-state index is 0.311. The molecule has 2 aromatic carbocycles. The molecule has 3 aliphatic rings. The number of aromatic nitrogens is 2. The monoisotopic (exact) mass is 658 g/mol. The van der Waals surface area contributed by atoms with Crippen molar-refractivity contribution in [3.63, 3.8) is 0 Å². The van der Waals surface area contributed by atoms with Gasteiger partial charge in [0.15, 0.2) is 0 Å². The number of nitrogens with zero attached hydrogens (tertiary/aromatic N) is 6. The summed E-state index contributed by atoms with van der Waals surface area (Å²) in [6.45, 7) is 22.5. The first-order valence-corrected chi connectivity index (χ1v) is 18.0. The number of benzene rings is 2. The Morgan fingerprint density at radius 1 is 1.00 bits per heavy atom. The quantitative estimate of drug-likeness (QED) is 0.146. The van der Waals surface area contributed by atoms with Crippen molar-refractivity contribution < 1.29 is 9.47 Å². The number of anilines is 2. The summed E-state index contributed by atoms with van der Waals surface area (Å²) in [5.74, 6) is 1.38. The van der Waals surface area contributed by atoms with Crippen LogP contribution in [-0.2, 0) is 17.7 Å². The first kappa shape index (κ1) is 33.8. The number of hydrogen-bond acceptors (Lipinski definition) is 7. The summed E-state index contributed by atoms with van der Waals surface area (Å²) in [6, 6.07) is 13.3. The van der Waals surface area contributed by atoms with Crippen LogP contribution in [0.1, 0.15) is 70.6 Å². The lowest BCUT2D eigenvalue weighted by Gasteiger charge is -2.36. The molecule has 0 radical (unpaired) electrons. The van der Waals surface area contributed by atoms with Gasteiger partial charge in [-0.3, -0.25) is 4.90 Å². The third-order valence-electron chi connectivity index (χ3n) is 10.00. The van der Waals surface area contributed by atoms with E-state index in [-0.39, 0.29) is 0 Å². The van der Waals surface area contributed by atoms with Crippen LogP contribution >= 0.6 is 11.6 Å². The van der Waals surface area contributed by atoms with E-state index in [0.29, 0.717) is 43.1 Å². The fourth-order valence-corrected chi connectivity index (χ4v) is 7.67. The second-order valence-electron chi connectivity index (χ2n) is 14.8. The number of piperidine rings is 1. The zero-order valence-corrected chi connectivity index (χ0v) is 29.3. The van der Waals surface area contributed by atoms with E-state index in [2.05, 4.69) is 64.6 Å². The summed E-state index contributed by atoms with van der Waals surface area (Å²) >= 11 is 6.75. The van der Waals surface area contributed by atoms with Gasteiger partial charge in [-0.25, -0.2) is 6.57 Å². The molecule has 252 valence electrons. The van der Waals surface area contributed by atoms with Crippen LogP contribution in [-0.4, -0.2) is 80.0 Å². The van der Waals surface area contributed by atoms with Gasteiger partial charge in [0.25, 0.3) is 0 Å². The van der Waals surface area contributed by atoms with Crippen LogP contribution in [0.15, 0.2) is 36.4 Å². The van der Waals surface area contributed by atoms with Gasteiger partial charge in [0.1, 0.15) is 12.4 Å². The van der Waals surface area contributed by atoms with Crippen LogP contribution in [0.3, 0.4) is 0 Å². The second kappa shape index (κ2) is 15.4.